The first-order valence-corrected chi connectivity index (χ1v) is 4.12. The molecule has 0 saturated carbocycles. The second-order valence-electron chi connectivity index (χ2n) is 2.90. The van der Waals surface area contributed by atoms with Gasteiger partial charge in [-0.3, -0.25) is 10.2 Å². The zero-order valence-corrected chi connectivity index (χ0v) is 13.6. The molecule has 0 aliphatic carbocycles. The molecule has 2 heterocycles. The Morgan fingerprint density at radius 3 is 1.11 bits per heavy atom. The van der Waals surface area contributed by atoms with Crippen LogP contribution in [0.2, 0.25) is 0 Å². The van der Waals surface area contributed by atoms with E-state index in [0.29, 0.717) is 0 Å². The van der Waals surface area contributed by atoms with Gasteiger partial charge in [0, 0.05) is 0 Å². The zero-order valence-electron chi connectivity index (χ0n) is 10.3. The molecule has 0 amide bonds. The number of rotatable bonds is 0. The van der Waals surface area contributed by atoms with Crippen molar-refractivity contribution in [3.8, 4) is 0 Å². The van der Waals surface area contributed by atoms with Gasteiger partial charge < -0.3 is 16.9 Å². The number of aryl methyl sites for hydroxylation is 2. The first-order chi connectivity index (χ1) is 6.61. The number of H-pyrrole nitrogens is 2. The highest BCUT2D eigenvalue weighted by atomic mass is 35.5. The maximum Gasteiger partial charge on any atom is 0.0727 e. The summed E-state index contributed by atoms with van der Waals surface area (Å²) in [6.45, 7) is 3.75. The smallest absolute Gasteiger partial charge is 0.0727 e. The number of anilines is 2. The first kappa shape index (κ1) is 30.9. The lowest BCUT2D eigenvalue weighted by Crippen LogP contribution is -1.82. The molecule has 0 saturated heterocycles. The summed E-state index contributed by atoms with van der Waals surface area (Å²) in [5.74, 6) is 0. The number of nitrogens with one attached hydrogen (secondary N) is 2. The van der Waals surface area contributed by atoms with Crippen LogP contribution < -0.4 is 11.5 Å². The molecule has 0 spiro atoms. The number of aromatic nitrogens is 4. The Kier molecular flexibility index (Phi) is 24.7. The summed E-state index contributed by atoms with van der Waals surface area (Å²) in [4.78, 5) is 0. The maximum absolute atomic E-state index is 5.35. The average Bonchev–Trinajstić information content (AvgIpc) is 2.67. The van der Waals surface area contributed by atoms with Crippen molar-refractivity contribution in [2.24, 2.45) is 0 Å². The van der Waals surface area contributed by atoms with Gasteiger partial charge in [-0.25, -0.2) is 0 Å². The molecular weight excluding hydrogens is 338 g/mol. The van der Waals surface area contributed by atoms with E-state index in [0.717, 1.165) is 22.8 Å². The Bertz CT molecular complexity index is 336. The lowest BCUT2D eigenvalue weighted by atomic mass is 10.4. The van der Waals surface area contributed by atoms with Gasteiger partial charge in [0.2, 0.25) is 0 Å². The summed E-state index contributed by atoms with van der Waals surface area (Å²) in [5, 5.41) is 12.7. The van der Waals surface area contributed by atoms with E-state index in [1.807, 2.05) is 13.8 Å². The zero-order chi connectivity index (χ0) is 10.6. The quantitative estimate of drug-likeness (QED) is 0.566. The number of aromatic amines is 2. The van der Waals surface area contributed by atoms with Crippen LogP contribution in [0.4, 0.5) is 11.4 Å². The van der Waals surface area contributed by atoms with E-state index >= 15 is 0 Å². The summed E-state index contributed by atoms with van der Waals surface area (Å²) in [7, 11) is 0. The van der Waals surface area contributed by atoms with Crippen LogP contribution in [0, 0.1) is 13.8 Å². The van der Waals surface area contributed by atoms with Gasteiger partial charge in [-0.2, -0.15) is 10.2 Å². The molecular formula is C8H20Cl4N6O. The van der Waals surface area contributed by atoms with Crippen molar-refractivity contribution >= 4 is 61.0 Å². The molecule has 0 fully saturated rings. The molecule has 0 aromatic carbocycles. The standard InChI is InChI=1S/2C4H7N3.4ClH.H2O/c2*1-3-4(5)2-6-7-3;;;;;/h2*2H,5H2,1H3,(H,6,7);4*1H;1H2. The van der Waals surface area contributed by atoms with Crippen molar-refractivity contribution in [1.29, 1.82) is 0 Å². The minimum atomic E-state index is 0. The first-order valence-electron chi connectivity index (χ1n) is 4.12. The van der Waals surface area contributed by atoms with Gasteiger partial charge in [-0.1, -0.05) is 0 Å². The molecule has 0 bridgehead atoms. The van der Waals surface area contributed by atoms with Crippen LogP contribution in [0.5, 0.6) is 0 Å². The van der Waals surface area contributed by atoms with E-state index in [1.54, 1.807) is 12.4 Å². The Hall–Kier alpha value is -0.860. The topological polar surface area (TPSA) is 141 Å². The Morgan fingerprint density at radius 1 is 0.789 bits per heavy atom. The molecule has 2 rings (SSSR count). The van der Waals surface area contributed by atoms with Crippen LogP contribution in [0.1, 0.15) is 11.4 Å². The predicted molar refractivity (Wildman–Crippen MR) is 88.1 cm³/mol. The molecule has 0 atom stereocenters. The van der Waals surface area contributed by atoms with Crippen LogP contribution in [-0.4, -0.2) is 25.9 Å². The van der Waals surface area contributed by atoms with Gasteiger partial charge in [-0.15, -0.1) is 49.6 Å². The summed E-state index contributed by atoms with van der Waals surface area (Å²) < 4.78 is 0. The third kappa shape index (κ3) is 10.7. The Morgan fingerprint density at radius 2 is 1.05 bits per heavy atom. The van der Waals surface area contributed by atoms with Gasteiger partial charge in [0.25, 0.3) is 0 Å². The number of nitrogens with zero attached hydrogens (tertiary/aromatic N) is 2. The van der Waals surface area contributed by atoms with Crippen LogP contribution in [0.3, 0.4) is 0 Å². The lowest BCUT2D eigenvalue weighted by molar-refractivity contribution is 0.824. The van der Waals surface area contributed by atoms with Gasteiger partial charge >= 0.3 is 0 Å². The fourth-order valence-corrected chi connectivity index (χ4v) is 0.720. The highest BCUT2D eigenvalue weighted by molar-refractivity contribution is 5.86. The number of nitrogen functional groups attached to an aromatic ring is 2. The Balaban J connectivity index is -0.0000000544. The van der Waals surface area contributed by atoms with Crippen molar-refractivity contribution < 1.29 is 5.48 Å². The number of nitrogens with two attached hydrogens (primary N) is 2. The molecule has 0 aliphatic heterocycles. The highest BCUT2D eigenvalue weighted by Gasteiger charge is 1.88. The maximum atomic E-state index is 5.35. The number of hydrogen-bond donors (Lipinski definition) is 4. The van der Waals surface area contributed by atoms with E-state index < -0.39 is 0 Å². The highest BCUT2D eigenvalue weighted by Crippen LogP contribution is 2.01. The summed E-state index contributed by atoms with van der Waals surface area (Å²) in [6.07, 6.45) is 3.19. The van der Waals surface area contributed by atoms with Crippen molar-refractivity contribution in [2.45, 2.75) is 13.8 Å². The average molecular weight is 358 g/mol. The molecule has 11 heteroatoms. The van der Waals surface area contributed by atoms with Crippen LogP contribution in [0.15, 0.2) is 12.4 Å². The van der Waals surface area contributed by atoms with E-state index in [9.17, 15) is 0 Å². The molecule has 0 radical (unpaired) electrons. The van der Waals surface area contributed by atoms with Crippen molar-refractivity contribution in [1.82, 2.24) is 20.4 Å². The molecule has 8 N–H and O–H groups in total. The fourth-order valence-electron chi connectivity index (χ4n) is 0.720. The Labute approximate surface area is 136 Å². The molecule has 2 aromatic heterocycles. The summed E-state index contributed by atoms with van der Waals surface area (Å²) in [5.41, 5.74) is 14.0. The van der Waals surface area contributed by atoms with Crippen LogP contribution >= 0.6 is 49.6 Å². The largest absolute Gasteiger partial charge is 0.412 e. The third-order valence-electron chi connectivity index (χ3n) is 1.74. The van der Waals surface area contributed by atoms with Crippen LogP contribution in [-0.2, 0) is 0 Å². The third-order valence-corrected chi connectivity index (χ3v) is 1.74. The van der Waals surface area contributed by atoms with Crippen molar-refractivity contribution in [3.05, 3.63) is 23.8 Å². The monoisotopic (exact) mass is 356 g/mol. The van der Waals surface area contributed by atoms with Crippen molar-refractivity contribution in [2.75, 3.05) is 11.5 Å². The van der Waals surface area contributed by atoms with E-state index in [4.69, 9.17) is 11.5 Å². The molecule has 116 valence electrons. The molecule has 0 aliphatic rings. The number of halogens is 4. The summed E-state index contributed by atoms with van der Waals surface area (Å²) in [6, 6.07) is 0. The predicted octanol–water partition coefficient (Wildman–Crippen LogP) is 1.46. The molecule has 7 nitrogen and oxygen atoms in total. The van der Waals surface area contributed by atoms with E-state index in [2.05, 4.69) is 20.4 Å². The van der Waals surface area contributed by atoms with Gasteiger partial charge in [0.15, 0.2) is 0 Å². The lowest BCUT2D eigenvalue weighted by Gasteiger charge is -1.79. The normalized spacial score (nSPS) is 6.84. The summed E-state index contributed by atoms with van der Waals surface area (Å²) >= 11 is 0. The van der Waals surface area contributed by atoms with Gasteiger partial charge in [0.1, 0.15) is 0 Å². The molecule has 0 unspecified atom stereocenters. The minimum Gasteiger partial charge on any atom is -0.412 e. The van der Waals surface area contributed by atoms with Crippen molar-refractivity contribution in [3.63, 3.8) is 0 Å². The van der Waals surface area contributed by atoms with Gasteiger partial charge in [-0.05, 0) is 13.8 Å². The van der Waals surface area contributed by atoms with Gasteiger partial charge in [0.05, 0.1) is 35.2 Å². The second kappa shape index (κ2) is 15.2. The molecule has 19 heavy (non-hydrogen) atoms. The van der Waals surface area contributed by atoms with E-state index in [-0.39, 0.29) is 55.1 Å². The second-order valence-corrected chi connectivity index (χ2v) is 2.90. The SMILES string of the molecule is Cc1[nH]ncc1N.Cc1[nH]ncc1N.Cl.Cl.Cl.Cl.O. The fraction of sp³-hybridized carbons (Fsp3) is 0.250. The molecule has 2 aromatic rings. The minimum absolute atomic E-state index is 0. The van der Waals surface area contributed by atoms with Crippen LogP contribution in [0.25, 0.3) is 0 Å². The van der Waals surface area contributed by atoms with E-state index in [1.165, 1.54) is 0 Å². The number of hydrogen-bond acceptors (Lipinski definition) is 4.